The Morgan fingerprint density at radius 2 is 2.05 bits per heavy atom. The maximum Gasteiger partial charge on any atom is 0.269 e. The Kier molecular flexibility index (Phi) is 6.31. The van der Waals surface area contributed by atoms with Gasteiger partial charge >= 0.3 is 0 Å². The van der Waals surface area contributed by atoms with Crippen LogP contribution in [0.5, 0.6) is 0 Å². The highest BCUT2D eigenvalue weighted by molar-refractivity contribution is 8.00. The van der Waals surface area contributed by atoms with Gasteiger partial charge in [-0.05, 0) is 19.2 Å². The van der Waals surface area contributed by atoms with Gasteiger partial charge in [-0.3, -0.25) is 14.9 Å². The van der Waals surface area contributed by atoms with Gasteiger partial charge in [-0.25, -0.2) is 0 Å². The van der Waals surface area contributed by atoms with Crippen LogP contribution < -0.4 is 5.32 Å². The molecule has 0 atom stereocenters. The molecule has 1 rings (SSSR count). The zero-order valence-corrected chi connectivity index (χ0v) is 11.8. The molecular weight excluding hydrogens is 266 g/mol. The Morgan fingerprint density at radius 3 is 2.58 bits per heavy atom. The fourth-order valence-corrected chi connectivity index (χ4v) is 2.16. The molecule has 0 heterocycles. The number of amides is 1. The number of non-ortho nitro benzene ring substituents is 1. The first-order valence-corrected chi connectivity index (χ1v) is 6.79. The predicted molar refractivity (Wildman–Crippen MR) is 75.4 cm³/mol. The van der Waals surface area contributed by atoms with E-state index in [2.05, 4.69) is 5.32 Å². The number of benzene rings is 1. The summed E-state index contributed by atoms with van der Waals surface area (Å²) in [7, 11) is 3.60. The molecule has 7 heteroatoms. The SMILES string of the molecule is CNCCN(C)C(=O)CSc1ccc([N+](=O)[O-])cc1. The molecule has 0 bridgehead atoms. The standard InChI is InChI=1S/C12H17N3O3S/c1-13-7-8-14(2)12(16)9-19-11-5-3-10(4-6-11)15(17)18/h3-6,13H,7-9H2,1-2H3. The molecule has 0 aromatic heterocycles. The molecule has 1 amide bonds. The quantitative estimate of drug-likeness (QED) is 0.464. The molecular formula is C12H17N3O3S. The number of nitrogens with one attached hydrogen (secondary N) is 1. The van der Waals surface area contributed by atoms with E-state index in [1.54, 1.807) is 24.1 Å². The summed E-state index contributed by atoms with van der Waals surface area (Å²) in [5.74, 6) is 0.372. The Balaban J connectivity index is 2.43. The summed E-state index contributed by atoms with van der Waals surface area (Å²) in [4.78, 5) is 24.3. The zero-order valence-electron chi connectivity index (χ0n) is 11.0. The van der Waals surface area contributed by atoms with Crippen molar-refractivity contribution in [2.24, 2.45) is 0 Å². The second-order valence-corrected chi connectivity index (χ2v) is 5.01. The van der Waals surface area contributed by atoms with Crippen molar-refractivity contribution in [1.82, 2.24) is 10.2 Å². The number of nitro groups is 1. The van der Waals surface area contributed by atoms with Crippen LogP contribution in [0.1, 0.15) is 0 Å². The third-order valence-corrected chi connectivity index (χ3v) is 3.53. The molecule has 1 N–H and O–H groups in total. The fourth-order valence-electron chi connectivity index (χ4n) is 1.32. The predicted octanol–water partition coefficient (Wildman–Crippen LogP) is 1.36. The number of nitro benzene ring substituents is 1. The zero-order chi connectivity index (χ0) is 14.3. The molecule has 6 nitrogen and oxygen atoms in total. The smallest absolute Gasteiger partial charge is 0.269 e. The summed E-state index contributed by atoms with van der Waals surface area (Å²) in [5, 5.41) is 13.5. The van der Waals surface area contributed by atoms with Gasteiger partial charge in [0.25, 0.3) is 5.69 Å². The molecule has 0 aliphatic heterocycles. The Morgan fingerprint density at radius 1 is 1.42 bits per heavy atom. The third kappa shape index (κ3) is 5.27. The third-order valence-electron chi connectivity index (χ3n) is 2.53. The van der Waals surface area contributed by atoms with Crippen LogP contribution >= 0.6 is 11.8 Å². The first kappa shape index (κ1) is 15.5. The Bertz CT molecular complexity index is 436. The van der Waals surface area contributed by atoms with Crippen LogP contribution in [0.15, 0.2) is 29.2 Å². The van der Waals surface area contributed by atoms with Gasteiger partial charge in [-0.15, -0.1) is 11.8 Å². The lowest BCUT2D eigenvalue weighted by Gasteiger charge is -2.16. The van der Waals surface area contributed by atoms with Crippen molar-refractivity contribution in [2.75, 3.05) is 32.9 Å². The molecule has 1 aromatic rings. The van der Waals surface area contributed by atoms with Crippen molar-refractivity contribution in [3.05, 3.63) is 34.4 Å². The molecule has 0 fully saturated rings. The van der Waals surface area contributed by atoms with Gasteiger partial charge < -0.3 is 10.2 Å². The highest BCUT2D eigenvalue weighted by Gasteiger charge is 2.09. The summed E-state index contributed by atoms with van der Waals surface area (Å²) in [5.41, 5.74) is 0.0572. The lowest BCUT2D eigenvalue weighted by molar-refractivity contribution is -0.384. The molecule has 0 aliphatic carbocycles. The topological polar surface area (TPSA) is 75.5 Å². The van der Waals surface area contributed by atoms with Gasteiger partial charge in [0.15, 0.2) is 0 Å². The summed E-state index contributed by atoms with van der Waals surface area (Å²) in [6.45, 7) is 1.42. The van der Waals surface area contributed by atoms with Crippen LogP contribution in [0.25, 0.3) is 0 Å². The van der Waals surface area contributed by atoms with Gasteiger partial charge in [0, 0.05) is 37.2 Å². The van der Waals surface area contributed by atoms with Crippen LogP contribution in [0.4, 0.5) is 5.69 Å². The first-order chi connectivity index (χ1) is 9.04. The van der Waals surface area contributed by atoms with E-state index in [-0.39, 0.29) is 11.6 Å². The summed E-state index contributed by atoms with van der Waals surface area (Å²) in [6.07, 6.45) is 0. The van der Waals surface area contributed by atoms with E-state index in [4.69, 9.17) is 0 Å². The van der Waals surface area contributed by atoms with Crippen molar-refractivity contribution in [1.29, 1.82) is 0 Å². The largest absolute Gasteiger partial charge is 0.344 e. The number of nitrogens with zero attached hydrogens (tertiary/aromatic N) is 2. The lowest BCUT2D eigenvalue weighted by Crippen LogP contribution is -2.33. The average Bonchev–Trinajstić information content (AvgIpc) is 2.42. The van der Waals surface area contributed by atoms with Gasteiger partial charge in [0.2, 0.25) is 5.91 Å². The number of hydrogen-bond donors (Lipinski definition) is 1. The lowest BCUT2D eigenvalue weighted by atomic mass is 10.3. The van der Waals surface area contributed by atoms with Crippen molar-refractivity contribution in [3.8, 4) is 0 Å². The Labute approximate surface area is 116 Å². The van der Waals surface area contributed by atoms with Crippen LogP contribution in [0, 0.1) is 10.1 Å². The summed E-state index contributed by atoms with van der Waals surface area (Å²) < 4.78 is 0. The number of rotatable bonds is 7. The first-order valence-electron chi connectivity index (χ1n) is 5.80. The van der Waals surface area contributed by atoms with E-state index in [1.165, 1.54) is 23.9 Å². The molecule has 0 radical (unpaired) electrons. The van der Waals surface area contributed by atoms with Gasteiger partial charge in [0.05, 0.1) is 10.7 Å². The van der Waals surface area contributed by atoms with Crippen molar-refractivity contribution in [3.63, 3.8) is 0 Å². The average molecular weight is 283 g/mol. The molecule has 0 unspecified atom stereocenters. The minimum Gasteiger partial charge on any atom is -0.344 e. The van der Waals surface area contributed by atoms with E-state index < -0.39 is 4.92 Å². The van der Waals surface area contributed by atoms with E-state index in [0.717, 1.165) is 11.4 Å². The monoisotopic (exact) mass is 283 g/mol. The summed E-state index contributed by atoms with van der Waals surface area (Å²) >= 11 is 1.38. The normalized spacial score (nSPS) is 10.2. The van der Waals surface area contributed by atoms with Crippen LogP contribution in [-0.4, -0.2) is 48.7 Å². The van der Waals surface area contributed by atoms with E-state index >= 15 is 0 Å². The molecule has 19 heavy (non-hydrogen) atoms. The number of hydrogen-bond acceptors (Lipinski definition) is 5. The van der Waals surface area contributed by atoms with Crippen molar-refractivity contribution < 1.29 is 9.72 Å². The highest BCUT2D eigenvalue weighted by Crippen LogP contribution is 2.21. The van der Waals surface area contributed by atoms with E-state index in [1.807, 2.05) is 7.05 Å². The second kappa shape index (κ2) is 7.75. The number of thioether (sulfide) groups is 1. The maximum absolute atomic E-state index is 11.8. The van der Waals surface area contributed by atoms with Crippen LogP contribution in [-0.2, 0) is 4.79 Å². The molecule has 1 aromatic carbocycles. The molecule has 0 spiro atoms. The number of carbonyl (C=O) groups excluding carboxylic acids is 1. The van der Waals surface area contributed by atoms with Crippen LogP contribution in [0.2, 0.25) is 0 Å². The minimum atomic E-state index is -0.439. The Hall–Kier alpha value is -1.60. The van der Waals surface area contributed by atoms with E-state index in [9.17, 15) is 14.9 Å². The number of likely N-dealkylation sites (N-methyl/N-ethyl adjacent to an activating group) is 2. The minimum absolute atomic E-state index is 0.0404. The van der Waals surface area contributed by atoms with Crippen LogP contribution in [0.3, 0.4) is 0 Å². The molecule has 0 saturated carbocycles. The fraction of sp³-hybridized carbons (Fsp3) is 0.417. The van der Waals surface area contributed by atoms with Crippen molar-refractivity contribution >= 4 is 23.4 Å². The molecule has 104 valence electrons. The molecule has 0 saturated heterocycles. The number of carbonyl (C=O) groups is 1. The highest BCUT2D eigenvalue weighted by atomic mass is 32.2. The van der Waals surface area contributed by atoms with Crippen molar-refractivity contribution in [2.45, 2.75) is 4.90 Å². The van der Waals surface area contributed by atoms with E-state index in [0.29, 0.717) is 12.3 Å². The maximum atomic E-state index is 11.8. The van der Waals surface area contributed by atoms with Gasteiger partial charge in [-0.2, -0.15) is 0 Å². The van der Waals surface area contributed by atoms with Gasteiger partial charge in [-0.1, -0.05) is 0 Å². The second-order valence-electron chi connectivity index (χ2n) is 3.96. The van der Waals surface area contributed by atoms with Gasteiger partial charge in [0.1, 0.15) is 0 Å². The summed E-state index contributed by atoms with van der Waals surface area (Å²) in [6, 6.07) is 6.20. The molecule has 0 aliphatic rings.